The molecule has 2 rings (SSSR count). The summed E-state index contributed by atoms with van der Waals surface area (Å²) in [7, 11) is 0. The highest BCUT2D eigenvalue weighted by Gasteiger charge is 2.27. The molecule has 1 fully saturated rings. The maximum Gasteiger partial charge on any atom is 0.344 e. The van der Waals surface area contributed by atoms with Crippen molar-refractivity contribution < 1.29 is 0 Å². The fourth-order valence-electron chi connectivity index (χ4n) is 2.77. The quantitative estimate of drug-likeness (QED) is 0.847. The van der Waals surface area contributed by atoms with Gasteiger partial charge in [0, 0.05) is 17.3 Å². The summed E-state index contributed by atoms with van der Waals surface area (Å²) in [5, 5.41) is 11.8. The molecule has 0 radical (unpaired) electrons. The van der Waals surface area contributed by atoms with Crippen LogP contribution in [0.15, 0.2) is 9.95 Å². The average Bonchev–Trinajstić information content (AvgIpc) is 2.79. The molecule has 0 spiro atoms. The smallest absolute Gasteiger partial charge is 0.313 e. The van der Waals surface area contributed by atoms with Crippen LogP contribution in [0.3, 0.4) is 0 Å². The Kier molecular flexibility index (Phi) is 5.72. The van der Waals surface area contributed by atoms with Crippen molar-refractivity contribution in [2.75, 3.05) is 6.54 Å². The minimum Gasteiger partial charge on any atom is -0.313 e. The fourth-order valence-corrected chi connectivity index (χ4v) is 4.22. The zero-order valence-electron chi connectivity index (χ0n) is 12.7. The van der Waals surface area contributed by atoms with Gasteiger partial charge in [-0.25, -0.2) is 9.89 Å². The molecule has 5 nitrogen and oxygen atoms in total. The van der Waals surface area contributed by atoms with Gasteiger partial charge in [-0.05, 0) is 39.7 Å². The second-order valence-corrected chi connectivity index (χ2v) is 6.98. The molecule has 2 N–H and O–H groups in total. The molecule has 0 aliphatic heterocycles. The molecule has 1 aromatic heterocycles. The average molecular weight is 298 g/mol. The molecule has 1 heterocycles. The number of aromatic nitrogens is 3. The monoisotopic (exact) mass is 298 g/mol. The summed E-state index contributed by atoms with van der Waals surface area (Å²) in [6.45, 7) is 7.31. The van der Waals surface area contributed by atoms with E-state index >= 15 is 0 Å². The lowest BCUT2D eigenvalue weighted by molar-refractivity contribution is 0.383. The van der Waals surface area contributed by atoms with Gasteiger partial charge in [0.05, 0.1) is 0 Å². The number of rotatable bonds is 6. The maximum atomic E-state index is 11.8. The van der Waals surface area contributed by atoms with Crippen molar-refractivity contribution in [3.8, 4) is 0 Å². The van der Waals surface area contributed by atoms with Crippen LogP contribution in [0.2, 0.25) is 0 Å². The second-order valence-electron chi connectivity index (χ2n) is 5.78. The molecule has 0 aromatic carbocycles. The van der Waals surface area contributed by atoms with Crippen LogP contribution in [0.5, 0.6) is 0 Å². The first-order valence-corrected chi connectivity index (χ1v) is 8.58. The van der Waals surface area contributed by atoms with E-state index in [0.29, 0.717) is 11.3 Å². The van der Waals surface area contributed by atoms with Crippen LogP contribution in [-0.2, 0) is 0 Å². The molecule has 114 valence electrons. The van der Waals surface area contributed by atoms with E-state index < -0.39 is 0 Å². The van der Waals surface area contributed by atoms with Crippen molar-refractivity contribution in [3.63, 3.8) is 0 Å². The van der Waals surface area contributed by atoms with E-state index in [1.54, 1.807) is 16.3 Å². The summed E-state index contributed by atoms with van der Waals surface area (Å²) in [6.07, 6.45) is 6.17. The third-order valence-electron chi connectivity index (χ3n) is 3.80. The summed E-state index contributed by atoms with van der Waals surface area (Å²) in [4.78, 5) is 11.8. The Bertz CT molecular complexity index is 468. The second kappa shape index (κ2) is 7.31. The summed E-state index contributed by atoms with van der Waals surface area (Å²) in [5.41, 5.74) is -0.101. The Hall–Kier alpha value is -0.750. The van der Waals surface area contributed by atoms with Gasteiger partial charge in [-0.2, -0.15) is 0 Å². The molecule has 0 bridgehead atoms. The fraction of sp³-hybridized carbons (Fsp3) is 0.857. The molecule has 1 aliphatic carbocycles. The lowest BCUT2D eigenvalue weighted by Gasteiger charge is -2.31. The first kappa shape index (κ1) is 15.6. The van der Waals surface area contributed by atoms with Crippen molar-refractivity contribution >= 4 is 11.8 Å². The lowest BCUT2D eigenvalue weighted by Crippen LogP contribution is -2.41. The van der Waals surface area contributed by atoms with Crippen LogP contribution < -0.4 is 11.0 Å². The number of aromatic amines is 1. The maximum absolute atomic E-state index is 11.8. The van der Waals surface area contributed by atoms with Crippen LogP contribution in [0, 0.1) is 0 Å². The lowest BCUT2D eigenvalue weighted by atomic mass is 9.95. The van der Waals surface area contributed by atoms with Crippen molar-refractivity contribution in [2.24, 2.45) is 0 Å². The molecule has 1 saturated carbocycles. The Morgan fingerprint density at radius 3 is 2.90 bits per heavy atom. The molecule has 0 amide bonds. The summed E-state index contributed by atoms with van der Waals surface area (Å²) < 4.78 is 1.76. The molecule has 20 heavy (non-hydrogen) atoms. The van der Waals surface area contributed by atoms with E-state index in [1.165, 1.54) is 25.7 Å². The number of hydrogen-bond donors (Lipinski definition) is 2. The van der Waals surface area contributed by atoms with Gasteiger partial charge in [0.1, 0.15) is 0 Å². The van der Waals surface area contributed by atoms with Crippen molar-refractivity contribution in [1.82, 2.24) is 20.1 Å². The molecule has 1 aromatic rings. The third kappa shape index (κ3) is 3.67. The predicted octanol–water partition coefficient (Wildman–Crippen LogP) is 2.56. The highest BCUT2D eigenvalue weighted by Crippen LogP contribution is 2.33. The SMILES string of the molecule is CCCNC1CCCCC1Sc1n[nH]c(=O)n1C(C)C. The number of nitrogens with zero attached hydrogens (tertiary/aromatic N) is 2. The molecule has 1 aliphatic rings. The van der Waals surface area contributed by atoms with Gasteiger partial charge in [-0.1, -0.05) is 31.5 Å². The van der Waals surface area contributed by atoms with Gasteiger partial charge in [0.2, 0.25) is 0 Å². The van der Waals surface area contributed by atoms with Crippen LogP contribution in [0.25, 0.3) is 0 Å². The van der Waals surface area contributed by atoms with Gasteiger partial charge in [-0.3, -0.25) is 4.57 Å². The van der Waals surface area contributed by atoms with Crippen molar-refractivity contribution in [1.29, 1.82) is 0 Å². The molecular weight excluding hydrogens is 272 g/mol. The summed E-state index contributed by atoms with van der Waals surface area (Å²) in [5.74, 6) is 0. The molecular formula is C14H26N4OS. The molecule has 0 saturated heterocycles. The van der Waals surface area contributed by atoms with E-state index in [0.717, 1.165) is 18.1 Å². The summed E-state index contributed by atoms with van der Waals surface area (Å²) in [6, 6.07) is 0.690. The molecule has 6 heteroatoms. The minimum atomic E-state index is -0.101. The van der Waals surface area contributed by atoms with Crippen LogP contribution in [-0.4, -0.2) is 32.6 Å². The standard InChI is InChI=1S/C14H26N4OS/c1-4-9-15-11-7-5-6-8-12(11)20-14-17-16-13(19)18(14)10(2)3/h10-12,15H,4-9H2,1-3H3,(H,16,19). The van der Waals surface area contributed by atoms with Gasteiger partial charge < -0.3 is 5.32 Å². The number of nitrogens with one attached hydrogen (secondary N) is 2. The van der Waals surface area contributed by atoms with E-state index in [2.05, 4.69) is 22.4 Å². The highest BCUT2D eigenvalue weighted by molar-refractivity contribution is 7.99. The zero-order chi connectivity index (χ0) is 14.5. The summed E-state index contributed by atoms with van der Waals surface area (Å²) >= 11 is 1.76. The largest absolute Gasteiger partial charge is 0.344 e. The van der Waals surface area contributed by atoms with Gasteiger partial charge >= 0.3 is 5.69 Å². The van der Waals surface area contributed by atoms with Crippen molar-refractivity contribution in [3.05, 3.63) is 10.5 Å². The van der Waals surface area contributed by atoms with Crippen LogP contribution >= 0.6 is 11.8 Å². The minimum absolute atomic E-state index is 0.101. The Morgan fingerprint density at radius 2 is 2.20 bits per heavy atom. The van der Waals surface area contributed by atoms with Gasteiger partial charge in [-0.15, -0.1) is 5.10 Å². The normalized spacial score (nSPS) is 23.4. The van der Waals surface area contributed by atoms with Gasteiger partial charge in [0.25, 0.3) is 0 Å². The number of H-pyrrole nitrogens is 1. The highest BCUT2D eigenvalue weighted by atomic mass is 32.2. The Labute approximate surface area is 124 Å². The first-order valence-electron chi connectivity index (χ1n) is 7.70. The Morgan fingerprint density at radius 1 is 1.45 bits per heavy atom. The van der Waals surface area contributed by atoms with E-state index in [4.69, 9.17) is 0 Å². The van der Waals surface area contributed by atoms with Crippen molar-refractivity contribution in [2.45, 2.75) is 75.4 Å². The zero-order valence-corrected chi connectivity index (χ0v) is 13.5. The number of thioether (sulfide) groups is 1. The molecule has 2 atom stereocenters. The van der Waals surface area contributed by atoms with Gasteiger partial charge in [0.15, 0.2) is 5.16 Å². The van der Waals surface area contributed by atoms with E-state index in [1.807, 2.05) is 13.8 Å². The Balaban J connectivity index is 2.08. The van der Waals surface area contributed by atoms with Crippen LogP contribution in [0.1, 0.15) is 58.9 Å². The van der Waals surface area contributed by atoms with E-state index in [-0.39, 0.29) is 11.7 Å². The molecule has 2 unspecified atom stereocenters. The first-order chi connectivity index (χ1) is 9.63. The third-order valence-corrected chi connectivity index (χ3v) is 5.17. The topological polar surface area (TPSA) is 62.7 Å². The van der Waals surface area contributed by atoms with E-state index in [9.17, 15) is 4.79 Å². The predicted molar refractivity (Wildman–Crippen MR) is 83.4 cm³/mol. The number of hydrogen-bond acceptors (Lipinski definition) is 4. The van der Waals surface area contributed by atoms with Crippen LogP contribution in [0.4, 0.5) is 0 Å².